The zero-order valence-corrected chi connectivity index (χ0v) is 14.9. The average molecular weight is 291 g/mol. The first-order chi connectivity index (χ1) is 9.86. The molecule has 0 fully saturated rings. The van der Waals surface area contributed by atoms with Crippen LogP contribution >= 0.6 is 0 Å². The van der Waals surface area contributed by atoms with E-state index < -0.39 is 0 Å². The van der Waals surface area contributed by atoms with Crippen molar-refractivity contribution < 1.29 is 0 Å². The first-order valence-corrected chi connectivity index (χ1v) is 8.28. The summed E-state index contributed by atoms with van der Waals surface area (Å²) in [5, 5.41) is 7.03. The molecule has 0 aliphatic carbocycles. The molecule has 21 heavy (non-hydrogen) atoms. The van der Waals surface area contributed by atoms with E-state index in [-0.39, 0.29) is 0 Å². The second kappa shape index (κ2) is 8.38. The first kappa shape index (κ1) is 18.0. The number of anilines is 1. The highest BCUT2D eigenvalue weighted by Gasteiger charge is 2.18. The van der Waals surface area contributed by atoms with Crippen molar-refractivity contribution in [3.05, 3.63) is 22.9 Å². The second-order valence-electron chi connectivity index (χ2n) is 6.72. The van der Waals surface area contributed by atoms with E-state index in [0.717, 1.165) is 31.1 Å². The van der Waals surface area contributed by atoms with Crippen molar-refractivity contribution >= 4 is 5.82 Å². The van der Waals surface area contributed by atoms with Gasteiger partial charge in [-0.3, -0.25) is 0 Å². The maximum absolute atomic E-state index is 4.73. The van der Waals surface area contributed by atoms with Crippen molar-refractivity contribution in [2.24, 2.45) is 17.8 Å². The lowest BCUT2D eigenvalue weighted by Gasteiger charge is -2.26. The molecule has 0 radical (unpaired) electrons. The van der Waals surface area contributed by atoms with Gasteiger partial charge in [0.25, 0.3) is 0 Å². The molecular formula is C18H33N3. The number of pyridine rings is 1. The Balaban J connectivity index is 2.90. The SMILES string of the molecule is CCNCc1c(C)cc(C)nc1NCC(C(C)C)C(C)C. The molecule has 0 aliphatic rings. The molecule has 0 unspecified atom stereocenters. The van der Waals surface area contributed by atoms with E-state index in [4.69, 9.17) is 4.98 Å². The van der Waals surface area contributed by atoms with Gasteiger partial charge in [-0.05, 0) is 49.8 Å². The fraction of sp³-hybridized carbons (Fsp3) is 0.722. The van der Waals surface area contributed by atoms with Gasteiger partial charge in [-0.25, -0.2) is 4.98 Å². The molecule has 0 amide bonds. The molecule has 2 N–H and O–H groups in total. The summed E-state index contributed by atoms with van der Waals surface area (Å²) in [5.41, 5.74) is 3.70. The molecule has 3 nitrogen and oxygen atoms in total. The average Bonchev–Trinajstić information content (AvgIpc) is 2.36. The predicted molar refractivity (Wildman–Crippen MR) is 92.7 cm³/mol. The number of hydrogen-bond donors (Lipinski definition) is 2. The summed E-state index contributed by atoms with van der Waals surface area (Å²) in [6, 6.07) is 2.17. The summed E-state index contributed by atoms with van der Waals surface area (Å²) in [6.07, 6.45) is 0. The Morgan fingerprint density at radius 3 is 2.24 bits per heavy atom. The Morgan fingerprint density at radius 2 is 1.71 bits per heavy atom. The van der Waals surface area contributed by atoms with Gasteiger partial charge in [0.15, 0.2) is 0 Å². The van der Waals surface area contributed by atoms with Gasteiger partial charge in [-0.15, -0.1) is 0 Å². The third-order valence-electron chi connectivity index (χ3n) is 4.25. The van der Waals surface area contributed by atoms with Crippen molar-refractivity contribution in [1.82, 2.24) is 10.3 Å². The van der Waals surface area contributed by atoms with Crippen LogP contribution < -0.4 is 10.6 Å². The number of aryl methyl sites for hydroxylation is 2. The van der Waals surface area contributed by atoms with Gasteiger partial charge < -0.3 is 10.6 Å². The summed E-state index contributed by atoms with van der Waals surface area (Å²) < 4.78 is 0. The quantitative estimate of drug-likeness (QED) is 0.755. The lowest BCUT2D eigenvalue weighted by atomic mass is 9.85. The zero-order valence-electron chi connectivity index (χ0n) is 14.9. The molecule has 120 valence electrons. The highest BCUT2D eigenvalue weighted by atomic mass is 15.0. The van der Waals surface area contributed by atoms with Crippen molar-refractivity contribution in [2.75, 3.05) is 18.4 Å². The molecule has 0 saturated carbocycles. The van der Waals surface area contributed by atoms with Crippen LogP contribution in [0.15, 0.2) is 6.07 Å². The minimum absolute atomic E-state index is 0.666. The van der Waals surface area contributed by atoms with Gasteiger partial charge in [0.2, 0.25) is 0 Å². The van der Waals surface area contributed by atoms with Gasteiger partial charge in [0.05, 0.1) is 0 Å². The number of aromatic nitrogens is 1. The summed E-state index contributed by atoms with van der Waals surface area (Å²) in [5.74, 6) is 3.08. The normalized spacial score (nSPS) is 11.7. The molecule has 1 rings (SSSR count). The first-order valence-electron chi connectivity index (χ1n) is 8.28. The minimum atomic E-state index is 0.666. The summed E-state index contributed by atoms with van der Waals surface area (Å²) in [6.45, 7) is 18.5. The van der Waals surface area contributed by atoms with Gasteiger partial charge in [-0.2, -0.15) is 0 Å². The fourth-order valence-corrected chi connectivity index (χ4v) is 2.94. The van der Waals surface area contributed by atoms with Crippen molar-refractivity contribution in [3.63, 3.8) is 0 Å². The van der Waals surface area contributed by atoms with E-state index in [0.29, 0.717) is 17.8 Å². The molecule has 0 spiro atoms. The van der Waals surface area contributed by atoms with Crippen LogP contribution in [0, 0.1) is 31.6 Å². The Kier molecular flexibility index (Phi) is 7.16. The van der Waals surface area contributed by atoms with E-state index in [1.165, 1.54) is 11.1 Å². The minimum Gasteiger partial charge on any atom is -0.369 e. The highest BCUT2D eigenvalue weighted by molar-refractivity contribution is 5.49. The predicted octanol–water partition coefficient (Wildman–Crippen LogP) is 4.15. The maximum atomic E-state index is 4.73. The highest BCUT2D eigenvalue weighted by Crippen LogP contribution is 2.23. The number of rotatable bonds is 8. The molecular weight excluding hydrogens is 258 g/mol. The summed E-state index contributed by atoms with van der Waals surface area (Å²) >= 11 is 0. The van der Waals surface area contributed by atoms with Crippen LogP contribution in [0.5, 0.6) is 0 Å². The third kappa shape index (κ3) is 5.31. The molecule has 1 aromatic rings. The Hall–Kier alpha value is -1.09. The van der Waals surface area contributed by atoms with E-state index in [2.05, 4.69) is 65.2 Å². The van der Waals surface area contributed by atoms with Gasteiger partial charge in [-0.1, -0.05) is 34.6 Å². The van der Waals surface area contributed by atoms with Crippen molar-refractivity contribution in [3.8, 4) is 0 Å². The molecule has 0 saturated heterocycles. The third-order valence-corrected chi connectivity index (χ3v) is 4.25. The Bertz CT molecular complexity index is 430. The Morgan fingerprint density at radius 1 is 1.10 bits per heavy atom. The maximum Gasteiger partial charge on any atom is 0.131 e. The molecule has 0 aliphatic heterocycles. The van der Waals surface area contributed by atoms with Crippen LogP contribution in [0.3, 0.4) is 0 Å². The van der Waals surface area contributed by atoms with Crippen LogP contribution in [0.2, 0.25) is 0 Å². The number of hydrogen-bond acceptors (Lipinski definition) is 3. The lowest BCUT2D eigenvalue weighted by molar-refractivity contribution is 0.304. The fourth-order valence-electron chi connectivity index (χ4n) is 2.94. The van der Waals surface area contributed by atoms with Gasteiger partial charge >= 0.3 is 0 Å². The van der Waals surface area contributed by atoms with Crippen LogP contribution in [-0.4, -0.2) is 18.1 Å². The van der Waals surface area contributed by atoms with E-state index in [9.17, 15) is 0 Å². The smallest absolute Gasteiger partial charge is 0.131 e. The van der Waals surface area contributed by atoms with Crippen molar-refractivity contribution in [2.45, 2.75) is 55.0 Å². The molecule has 0 aromatic carbocycles. The van der Waals surface area contributed by atoms with Crippen LogP contribution in [0.4, 0.5) is 5.82 Å². The second-order valence-corrected chi connectivity index (χ2v) is 6.72. The lowest BCUT2D eigenvalue weighted by Crippen LogP contribution is -2.26. The summed E-state index contributed by atoms with van der Waals surface area (Å²) in [4.78, 5) is 4.73. The van der Waals surface area contributed by atoms with E-state index in [1.807, 2.05) is 0 Å². The van der Waals surface area contributed by atoms with E-state index in [1.54, 1.807) is 0 Å². The Labute approximate surface area is 130 Å². The largest absolute Gasteiger partial charge is 0.369 e. The van der Waals surface area contributed by atoms with Crippen LogP contribution in [0.1, 0.15) is 51.4 Å². The topological polar surface area (TPSA) is 37.0 Å². The number of nitrogens with zero attached hydrogens (tertiary/aromatic N) is 1. The van der Waals surface area contributed by atoms with Gasteiger partial charge in [0.1, 0.15) is 5.82 Å². The molecule has 1 heterocycles. The summed E-state index contributed by atoms with van der Waals surface area (Å²) in [7, 11) is 0. The van der Waals surface area contributed by atoms with Crippen molar-refractivity contribution in [1.29, 1.82) is 0 Å². The monoisotopic (exact) mass is 291 g/mol. The molecule has 3 heteroatoms. The molecule has 0 atom stereocenters. The standard InChI is InChI=1S/C18H33N3/c1-8-19-10-17-14(6)9-15(7)21-18(17)20-11-16(12(2)3)13(4)5/h9,12-13,16,19H,8,10-11H2,1-7H3,(H,20,21). The molecule has 1 aromatic heterocycles. The van der Waals surface area contributed by atoms with Crippen LogP contribution in [-0.2, 0) is 6.54 Å². The van der Waals surface area contributed by atoms with Gasteiger partial charge in [0, 0.05) is 24.3 Å². The van der Waals surface area contributed by atoms with Crippen LogP contribution in [0.25, 0.3) is 0 Å². The zero-order chi connectivity index (χ0) is 16.0. The van der Waals surface area contributed by atoms with E-state index >= 15 is 0 Å². The number of nitrogens with one attached hydrogen (secondary N) is 2. The molecule has 0 bridgehead atoms.